The second kappa shape index (κ2) is 6.62. The predicted octanol–water partition coefficient (Wildman–Crippen LogP) is 2.22. The van der Waals surface area contributed by atoms with Crippen LogP contribution in [-0.2, 0) is 9.84 Å². The molecule has 0 radical (unpaired) electrons. The SMILES string of the molecule is O=S(=O)(CCN1CCCC(O)C1)c1cc(Cl)ccc1Cl. The van der Waals surface area contributed by atoms with Crippen LogP contribution in [0.25, 0.3) is 0 Å². The zero-order chi connectivity index (χ0) is 14.8. The number of benzene rings is 1. The molecule has 2 rings (SSSR count). The summed E-state index contributed by atoms with van der Waals surface area (Å²) in [5.74, 6) is -0.0280. The van der Waals surface area contributed by atoms with Gasteiger partial charge in [0.05, 0.1) is 21.8 Å². The summed E-state index contributed by atoms with van der Waals surface area (Å²) in [6.45, 7) is 1.73. The Morgan fingerprint density at radius 3 is 2.80 bits per heavy atom. The fraction of sp³-hybridized carbons (Fsp3) is 0.538. The van der Waals surface area contributed by atoms with Gasteiger partial charge in [-0.1, -0.05) is 23.2 Å². The van der Waals surface area contributed by atoms with Crippen LogP contribution < -0.4 is 0 Å². The summed E-state index contributed by atoms with van der Waals surface area (Å²) < 4.78 is 24.6. The second-order valence-corrected chi connectivity index (χ2v) is 7.91. The molecule has 1 aromatic rings. The van der Waals surface area contributed by atoms with Gasteiger partial charge in [0.1, 0.15) is 0 Å². The maximum absolute atomic E-state index is 12.3. The van der Waals surface area contributed by atoms with Crippen LogP contribution in [0.3, 0.4) is 0 Å². The highest BCUT2D eigenvalue weighted by Crippen LogP contribution is 2.26. The lowest BCUT2D eigenvalue weighted by atomic mass is 10.1. The molecule has 1 heterocycles. The van der Waals surface area contributed by atoms with Gasteiger partial charge in [-0.05, 0) is 37.6 Å². The van der Waals surface area contributed by atoms with Gasteiger partial charge < -0.3 is 5.11 Å². The van der Waals surface area contributed by atoms with Crippen molar-refractivity contribution in [3.8, 4) is 0 Å². The zero-order valence-electron chi connectivity index (χ0n) is 10.9. The lowest BCUT2D eigenvalue weighted by Gasteiger charge is -2.29. The Hall–Kier alpha value is -0.330. The fourth-order valence-electron chi connectivity index (χ4n) is 2.31. The highest BCUT2D eigenvalue weighted by atomic mass is 35.5. The largest absolute Gasteiger partial charge is 0.392 e. The van der Waals surface area contributed by atoms with E-state index in [4.69, 9.17) is 23.2 Å². The molecule has 0 amide bonds. The van der Waals surface area contributed by atoms with Crippen molar-refractivity contribution in [3.63, 3.8) is 0 Å². The summed E-state index contributed by atoms with van der Waals surface area (Å²) in [7, 11) is -3.47. The van der Waals surface area contributed by atoms with Gasteiger partial charge in [0.2, 0.25) is 0 Å². The number of halogens is 2. The lowest BCUT2D eigenvalue weighted by Crippen LogP contribution is -2.40. The van der Waals surface area contributed by atoms with Gasteiger partial charge >= 0.3 is 0 Å². The van der Waals surface area contributed by atoms with Crippen molar-refractivity contribution in [2.24, 2.45) is 0 Å². The van der Waals surface area contributed by atoms with Crippen molar-refractivity contribution < 1.29 is 13.5 Å². The number of hydrogen-bond acceptors (Lipinski definition) is 4. The highest BCUT2D eigenvalue weighted by molar-refractivity contribution is 7.91. The van der Waals surface area contributed by atoms with E-state index in [9.17, 15) is 13.5 Å². The molecule has 1 fully saturated rings. The van der Waals surface area contributed by atoms with Gasteiger partial charge in [-0.25, -0.2) is 8.42 Å². The number of nitrogens with zero attached hydrogens (tertiary/aromatic N) is 1. The molecule has 1 N–H and O–H groups in total. The van der Waals surface area contributed by atoms with Crippen LogP contribution >= 0.6 is 23.2 Å². The molecule has 1 aromatic carbocycles. The molecular weight excluding hydrogens is 321 g/mol. The molecule has 1 saturated heterocycles. The van der Waals surface area contributed by atoms with Gasteiger partial charge in [-0.2, -0.15) is 0 Å². The van der Waals surface area contributed by atoms with Crippen LogP contribution in [0.2, 0.25) is 10.0 Å². The van der Waals surface area contributed by atoms with E-state index in [2.05, 4.69) is 0 Å². The Balaban J connectivity index is 2.05. The lowest BCUT2D eigenvalue weighted by molar-refractivity contribution is 0.0741. The molecule has 0 aromatic heterocycles. The van der Waals surface area contributed by atoms with E-state index in [0.29, 0.717) is 18.1 Å². The predicted molar refractivity (Wildman–Crippen MR) is 80.2 cm³/mol. The van der Waals surface area contributed by atoms with E-state index in [1.54, 1.807) is 6.07 Å². The Morgan fingerprint density at radius 1 is 1.35 bits per heavy atom. The minimum absolute atomic E-state index is 0.0280. The Kier molecular flexibility index (Phi) is 5.31. The molecule has 0 saturated carbocycles. The normalized spacial score (nSPS) is 21.1. The van der Waals surface area contributed by atoms with Gasteiger partial charge in [-0.3, -0.25) is 4.90 Å². The Labute approximate surface area is 129 Å². The highest BCUT2D eigenvalue weighted by Gasteiger charge is 2.22. The first-order valence-corrected chi connectivity index (χ1v) is 8.87. The minimum atomic E-state index is -3.47. The van der Waals surface area contributed by atoms with Crippen LogP contribution in [0.15, 0.2) is 23.1 Å². The summed E-state index contributed by atoms with van der Waals surface area (Å²) in [6.07, 6.45) is 1.31. The van der Waals surface area contributed by atoms with E-state index < -0.39 is 9.84 Å². The molecule has 1 atom stereocenters. The minimum Gasteiger partial charge on any atom is -0.392 e. The van der Waals surface area contributed by atoms with Gasteiger partial charge in [0.15, 0.2) is 9.84 Å². The molecule has 0 spiro atoms. The molecule has 1 aliphatic heterocycles. The molecular formula is C13H17Cl2NO3S. The van der Waals surface area contributed by atoms with Crippen molar-refractivity contribution in [2.45, 2.75) is 23.8 Å². The second-order valence-electron chi connectivity index (χ2n) is 4.99. The first-order chi connectivity index (χ1) is 9.38. The number of likely N-dealkylation sites (tertiary alicyclic amines) is 1. The van der Waals surface area contributed by atoms with Crippen LogP contribution in [0, 0.1) is 0 Å². The van der Waals surface area contributed by atoms with E-state index in [0.717, 1.165) is 19.4 Å². The number of hydrogen-bond donors (Lipinski definition) is 1. The maximum Gasteiger partial charge on any atom is 0.181 e. The Morgan fingerprint density at radius 2 is 2.10 bits per heavy atom. The van der Waals surface area contributed by atoms with Crippen LogP contribution in [-0.4, -0.2) is 49.9 Å². The number of β-amino-alcohol motifs (C(OH)–C–C–N with tert-alkyl or cyclic N) is 1. The topological polar surface area (TPSA) is 57.6 Å². The maximum atomic E-state index is 12.3. The third-order valence-corrected chi connectivity index (χ3v) is 5.79. The molecule has 1 unspecified atom stereocenters. The molecule has 20 heavy (non-hydrogen) atoms. The van der Waals surface area contributed by atoms with Gasteiger partial charge in [-0.15, -0.1) is 0 Å². The summed E-state index contributed by atoms with van der Waals surface area (Å²) in [5, 5.41) is 10.1. The van der Waals surface area contributed by atoms with Crippen LogP contribution in [0.4, 0.5) is 0 Å². The number of aliphatic hydroxyl groups is 1. The molecule has 7 heteroatoms. The average molecular weight is 338 g/mol. The quantitative estimate of drug-likeness (QED) is 0.915. The molecule has 0 bridgehead atoms. The smallest absolute Gasteiger partial charge is 0.181 e. The summed E-state index contributed by atoms with van der Waals surface area (Å²) in [5.41, 5.74) is 0. The molecule has 112 valence electrons. The zero-order valence-corrected chi connectivity index (χ0v) is 13.3. The van der Waals surface area contributed by atoms with E-state index >= 15 is 0 Å². The van der Waals surface area contributed by atoms with Crippen molar-refractivity contribution >= 4 is 33.0 Å². The van der Waals surface area contributed by atoms with Crippen molar-refractivity contribution in [1.29, 1.82) is 0 Å². The molecule has 4 nitrogen and oxygen atoms in total. The fourth-order valence-corrected chi connectivity index (χ4v) is 4.41. The Bertz CT molecular complexity index is 577. The standard InChI is InChI=1S/C13H17Cl2NO3S/c14-10-3-4-12(15)13(8-10)20(18,19)7-6-16-5-1-2-11(17)9-16/h3-4,8,11,17H,1-2,5-7,9H2. The first kappa shape index (κ1) is 16.0. The third-order valence-electron chi connectivity index (χ3n) is 3.39. The van der Waals surface area contributed by atoms with Crippen molar-refractivity contribution in [3.05, 3.63) is 28.2 Å². The molecule has 1 aliphatic rings. The first-order valence-electron chi connectivity index (χ1n) is 6.47. The van der Waals surface area contributed by atoms with Crippen molar-refractivity contribution in [2.75, 3.05) is 25.4 Å². The van der Waals surface area contributed by atoms with Crippen molar-refractivity contribution in [1.82, 2.24) is 4.90 Å². The number of piperidine rings is 1. The third kappa shape index (κ3) is 4.09. The van der Waals surface area contributed by atoms with Gasteiger partial charge in [0.25, 0.3) is 0 Å². The monoisotopic (exact) mass is 337 g/mol. The average Bonchev–Trinajstić information content (AvgIpc) is 2.39. The van der Waals surface area contributed by atoms with Crippen LogP contribution in [0.5, 0.6) is 0 Å². The van der Waals surface area contributed by atoms with E-state index in [1.165, 1.54) is 12.1 Å². The number of aliphatic hydroxyl groups excluding tert-OH is 1. The summed E-state index contributed by atoms with van der Waals surface area (Å²) in [4.78, 5) is 2.04. The van der Waals surface area contributed by atoms with E-state index in [-0.39, 0.29) is 21.8 Å². The van der Waals surface area contributed by atoms with Gasteiger partial charge in [0, 0.05) is 18.1 Å². The van der Waals surface area contributed by atoms with E-state index in [1.807, 2.05) is 4.90 Å². The summed E-state index contributed by atoms with van der Waals surface area (Å²) in [6, 6.07) is 4.43. The molecule has 0 aliphatic carbocycles. The number of rotatable bonds is 4. The summed E-state index contributed by atoms with van der Waals surface area (Å²) >= 11 is 11.8. The number of sulfone groups is 1. The van der Waals surface area contributed by atoms with Crippen LogP contribution in [0.1, 0.15) is 12.8 Å².